The molecule has 0 spiro atoms. The Bertz CT molecular complexity index is 595. The summed E-state index contributed by atoms with van der Waals surface area (Å²) in [6, 6.07) is 8.65. The van der Waals surface area contributed by atoms with Crippen LogP contribution in [0.15, 0.2) is 35.1 Å². The zero-order chi connectivity index (χ0) is 13.9. The first-order valence-electron chi connectivity index (χ1n) is 7.09. The third-order valence-corrected chi connectivity index (χ3v) is 4.38. The summed E-state index contributed by atoms with van der Waals surface area (Å²) < 4.78 is 1.10. The lowest BCUT2D eigenvalue weighted by atomic mass is 9.96. The largest absolute Gasteiger partial charge is 0.363 e. The van der Waals surface area contributed by atoms with E-state index in [4.69, 9.17) is 0 Å². The molecule has 1 aliphatic rings. The van der Waals surface area contributed by atoms with Crippen LogP contribution in [0.2, 0.25) is 0 Å². The van der Waals surface area contributed by atoms with Crippen LogP contribution in [0.5, 0.6) is 0 Å². The highest BCUT2D eigenvalue weighted by molar-refractivity contribution is 9.10. The second kappa shape index (κ2) is 5.92. The van der Waals surface area contributed by atoms with E-state index in [2.05, 4.69) is 62.4 Å². The summed E-state index contributed by atoms with van der Waals surface area (Å²) in [6.07, 6.45) is 6.33. The van der Waals surface area contributed by atoms with Gasteiger partial charge in [0.15, 0.2) is 0 Å². The molecule has 0 bridgehead atoms. The number of halogens is 1. The minimum atomic E-state index is 0.240. The number of fused-ring (bicyclic) bond motifs is 1. The van der Waals surface area contributed by atoms with Crippen LogP contribution in [0.4, 0.5) is 5.82 Å². The van der Waals surface area contributed by atoms with Crippen LogP contribution < -0.4 is 5.32 Å². The molecule has 0 amide bonds. The van der Waals surface area contributed by atoms with Gasteiger partial charge in [0.25, 0.3) is 0 Å². The SMILES string of the molecule is CC(Nc1ncnc2c1CCCC2)c1ccc(Br)cc1. The van der Waals surface area contributed by atoms with Crippen molar-refractivity contribution < 1.29 is 0 Å². The highest BCUT2D eigenvalue weighted by Gasteiger charge is 2.16. The van der Waals surface area contributed by atoms with Crippen LogP contribution in [0.1, 0.15) is 42.6 Å². The first-order chi connectivity index (χ1) is 9.74. The van der Waals surface area contributed by atoms with Gasteiger partial charge in [0.1, 0.15) is 12.1 Å². The first kappa shape index (κ1) is 13.6. The van der Waals surface area contributed by atoms with E-state index in [0.717, 1.165) is 23.1 Å². The smallest absolute Gasteiger partial charge is 0.133 e. The molecule has 3 nitrogen and oxygen atoms in total. The second-order valence-corrected chi connectivity index (χ2v) is 6.19. The highest BCUT2D eigenvalue weighted by Crippen LogP contribution is 2.27. The molecule has 0 saturated heterocycles. The van der Waals surface area contributed by atoms with Crippen molar-refractivity contribution in [3.8, 4) is 0 Å². The summed E-state index contributed by atoms with van der Waals surface area (Å²) in [5.41, 5.74) is 3.79. The molecule has 1 aromatic carbocycles. The standard InChI is InChI=1S/C16H18BrN3/c1-11(12-6-8-13(17)9-7-12)20-16-14-4-2-3-5-15(14)18-10-19-16/h6-11H,2-5H2,1H3,(H,18,19,20). The Kier molecular flexibility index (Phi) is 4.01. The number of rotatable bonds is 3. The molecule has 3 rings (SSSR count). The summed E-state index contributed by atoms with van der Waals surface area (Å²) in [7, 11) is 0. The Morgan fingerprint density at radius 1 is 1.10 bits per heavy atom. The topological polar surface area (TPSA) is 37.8 Å². The summed E-state index contributed by atoms with van der Waals surface area (Å²) in [4.78, 5) is 8.86. The molecule has 2 aromatic rings. The molecule has 0 aliphatic heterocycles. The maximum Gasteiger partial charge on any atom is 0.133 e. The maximum atomic E-state index is 4.44. The fraction of sp³-hybridized carbons (Fsp3) is 0.375. The molecule has 1 unspecified atom stereocenters. The van der Waals surface area contributed by atoms with Gasteiger partial charge in [0.2, 0.25) is 0 Å². The van der Waals surface area contributed by atoms with Crippen molar-refractivity contribution in [2.24, 2.45) is 0 Å². The van der Waals surface area contributed by atoms with Crippen molar-refractivity contribution in [1.29, 1.82) is 0 Å². The van der Waals surface area contributed by atoms with Crippen LogP contribution in [0, 0.1) is 0 Å². The van der Waals surface area contributed by atoms with Gasteiger partial charge in [0.05, 0.1) is 0 Å². The van der Waals surface area contributed by atoms with Gasteiger partial charge in [-0.1, -0.05) is 28.1 Å². The summed E-state index contributed by atoms with van der Waals surface area (Å²) in [6.45, 7) is 2.17. The van der Waals surface area contributed by atoms with E-state index in [9.17, 15) is 0 Å². The number of aryl methyl sites for hydroxylation is 1. The molecular formula is C16H18BrN3. The van der Waals surface area contributed by atoms with Crippen molar-refractivity contribution in [2.75, 3.05) is 5.32 Å². The molecule has 1 aromatic heterocycles. The lowest BCUT2D eigenvalue weighted by Gasteiger charge is -2.21. The number of benzene rings is 1. The number of anilines is 1. The molecule has 20 heavy (non-hydrogen) atoms. The highest BCUT2D eigenvalue weighted by atomic mass is 79.9. The van der Waals surface area contributed by atoms with Gasteiger partial charge < -0.3 is 5.32 Å². The Labute approximate surface area is 128 Å². The Morgan fingerprint density at radius 3 is 2.65 bits per heavy atom. The van der Waals surface area contributed by atoms with E-state index in [-0.39, 0.29) is 6.04 Å². The van der Waals surface area contributed by atoms with Crippen LogP contribution in [0.3, 0.4) is 0 Å². The van der Waals surface area contributed by atoms with E-state index in [1.807, 2.05) is 0 Å². The van der Waals surface area contributed by atoms with Gasteiger partial charge >= 0.3 is 0 Å². The summed E-state index contributed by atoms with van der Waals surface area (Å²) in [5, 5.41) is 3.54. The van der Waals surface area contributed by atoms with E-state index in [1.165, 1.54) is 29.7 Å². The number of hydrogen-bond acceptors (Lipinski definition) is 3. The second-order valence-electron chi connectivity index (χ2n) is 5.27. The quantitative estimate of drug-likeness (QED) is 0.911. The fourth-order valence-corrected chi connectivity index (χ4v) is 2.95. The van der Waals surface area contributed by atoms with Gasteiger partial charge in [-0.15, -0.1) is 0 Å². The zero-order valence-corrected chi connectivity index (χ0v) is 13.2. The monoisotopic (exact) mass is 331 g/mol. The minimum absolute atomic E-state index is 0.240. The van der Waals surface area contributed by atoms with Crippen molar-refractivity contribution >= 4 is 21.7 Å². The number of hydrogen-bond donors (Lipinski definition) is 1. The van der Waals surface area contributed by atoms with Crippen LogP contribution in [-0.4, -0.2) is 9.97 Å². The Morgan fingerprint density at radius 2 is 1.85 bits per heavy atom. The van der Waals surface area contributed by atoms with Crippen LogP contribution in [0.25, 0.3) is 0 Å². The predicted molar refractivity (Wildman–Crippen MR) is 84.9 cm³/mol. The molecular weight excluding hydrogens is 314 g/mol. The zero-order valence-electron chi connectivity index (χ0n) is 11.6. The Hall–Kier alpha value is -1.42. The molecule has 0 radical (unpaired) electrons. The molecule has 0 saturated carbocycles. The van der Waals surface area contributed by atoms with Crippen LogP contribution in [-0.2, 0) is 12.8 Å². The van der Waals surface area contributed by atoms with Crippen molar-refractivity contribution in [1.82, 2.24) is 9.97 Å². The molecule has 4 heteroatoms. The van der Waals surface area contributed by atoms with E-state index in [0.29, 0.717) is 0 Å². The van der Waals surface area contributed by atoms with Crippen molar-refractivity contribution in [3.63, 3.8) is 0 Å². The van der Waals surface area contributed by atoms with Gasteiger partial charge in [0, 0.05) is 21.8 Å². The van der Waals surface area contributed by atoms with E-state index >= 15 is 0 Å². The average Bonchev–Trinajstić information content (AvgIpc) is 2.48. The molecule has 0 fully saturated rings. The van der Waals surface area contributed by atoms with E-state index in [1.54, 1.807) is 6.33 Å². The van der Waals surface area contributed by atoms with Crippen LogP contribution >= 0.6 is 15.9 Å². The van der Waals surface area contributed by atoms with E-state index < -0.39 is 0 Å². The van der Waals surface area contributed by atoms with Gasteiger partial charge in [-0.25, -0.2) is 9.97 Å². The summed E-state index contributed by atoms with van der Waals surface area (Å²) >= 11 is 3.47. The fourth-order valence-electron chi connectivity index (χ4n) is 2.69. The molecule has 104 valence electrons. The average molecular weight is 332 g/mol. The summed E-state index contributed by atoms with van der Waals surface area (Å²) in [5.74, 6) is 1.00. The molecule has 1 N–H and O–H groups in total. The number of aromatic nitrogens is 2. The number of nitrogens with one attached hydrogen (secondary N) is 1. The molecule has 1 aliphatic carbocycles. The normalized spacial score (nSPS) is 15.5. The lowest BCUT2D eigenvalue weighted by Crippen LogP contribution is -2.14. The molecule has 1 atom stereocenters. The van der Waals surface area contributed by atoms with Gasteiger partial charge in [-0.05, 0) is 50.3 Å². The number of nitrogens with zero attached hydrogens (tertiary/aromatic N) is 2. The lowest BCUT2D eigenvalue weighted by molar-refractivity contribution is 0.661. The third-order valence-electron chi connectivity index (χ3n) is 3.85. The Balaban J connectivity index is 1.82. The first-order valence-corrected chi connectivity index (χ1v) is 7.88. The predicted octanol–water partition coefficient (Wildman–Crippen LogP) is 4.29. The maximum absolute atomic E-state index is 4.44. The van der Waals surface area contributed by atoms with Crippen molar-refractivity contribution in [2.45, 2.75) is 38.6 Å². The molecule has 1 heterocycles. The van der Waals surface area contributed by atoms with Crippen molar-refractivity contribution in [3.05, 3.63) is 51.9 Å². The van der Waals surface area contributed by atoms with Gasteiger partial charge in [-0.3, -0.25) is 0 Å². The van der Waals surface area contributed by atoms with Gasteiger partial charge in [-0.2, -0.15) is 0 Å². The minimum Gasteiger partial charge on any atom is -0.363 e. The third kappa shape index (κ3) is 2.85.